The molecule has 0 spiro atoms. The molecule has 39 heavy (non-hydrogen) atoms. The second kappa shape index (κ2) is 12.0. The highest BCUT2D eigenvalue weighted by molar-refractivity contribution is 7.83. The van der Waals surface area contributed by atoms with Gasteiger partial charge in [0.25, 0.3) is 0 Å². The van der Waals surface area contributed by atoms with Crippen LogP contribution < -0.4 is 4.74 Å². The fourth-order valence-corrected chi connectivity index (χ4v) is 8.51. The van der Waals surface area contributed by atoms with Gasteiger partial charge in [-0.15, -0.1) is 0 Å². The zero-order chi connectivity index (χ0) is 27.7. The largest absolute Gasteiger partial charge is 0.451 e. The molecule has 0 radical (unpaired) electrons. The Balaban J connectivity index is 1.28. The average Bonchev–Trinajstić information content (AvgIpc) is 3.16. The first-order valence-corrected chi connectivity index (χ1v) is 15.6. The normalized spacial score (nSPS) is 26.4. The number of nitrogens with zero attached hydrogens (tertiary/aromatic N) is 4. The van der Waals surface area contributed by atoms with Crippen LogP contribution in [-0.4, -0.2) is 103 Å². The van der Waals surface area contributed by atoms with Crippen LogP contribution in [0.4, 0.5) is 8.78 Å². The van der Waals surface area contributed by atoms with Crippen LogP contribution in [0.2, 0.25) is 5.02 Å². The summed E-state index contributed by atoms with van der Waals surface area (Å²) in [7, 11) is -1.23. The van der Waals surface area contributed by atoms with Gasteiger partial charge >= 0.3 is 0 Å². The van der Waals surface area contributed by atoms with Gasteiger partial charge in [-0.25, -0.2) is 25.8 Å². The molecule has 3 fully saturated rings. The summed E-state index contributed by atoms with van der Waals surface area (Å²) in [5, 5.41) is 0.451. The van der Waals surface area contributed by atoms with Crippen molar-refractivity contribution < 1.29 is 26.7 Å². The van der Waals surface area contributed by atoms with E-state index in [0.717, 1.165) is 44.6 Å². The molecule has 4 unspecified atom stereocenters. The van der Waals surface area contributed by atoms with E-state index in [1.165, 1.54) is 24.3 Å². The molecule has 13 heteroatoms. The number of likely N-dealkylation sites (N-methyl/N-ethyl adjacent to an activating group) is 1. The summed E-state index contributed by atoms with van der Waals surface area (Å²) >= 11 is 5.85. The average molecular weight is 601 g/mol. The summed E-state index contributed by atoms with van der Waals surface area (Å²) in [6, 6.07) is 7.63. The molecular formula is C26H31ClF2N4O4S2. The molecule has 2 bridgehead atoms. The monoisotopic (exact) mass is 600 g/mol. The molecule has 3 aliphatic heterocycles. The molecule has 0 amide bonds. The van der Waals surface area contributed by atoms with Gasteiger partial charge in [0.05, 0.1) is 21.6 Å². The van der Waals surface area contributed by atoms with Gasteiger partial charge in [-0.1, -0.05) is 11.6 Å². The predicted molar refractivity (Wildman–Crippen MR) is 146 cm³/mol. The number of hydrogen-bond donors (Lipinski definition) is 0. The van der Waals surface area contributed by atoms with Crippen molar-refractivity contribution in [2.45, 2.75) is 29.3 Å². The molecule has 3 saturated heterocycles. The maximum atomic E-state index is 14.9. The number of benzene rings is 2. The zero-order valence-corrected chi connectivity index (χ0v) is 24.0. The molecule has 2 aromatic carbocycles. The van der Waals surface area contributed by atoms with Gasteiger partial charge in [-0.05, 0) is 56.3 Å². The van der Waals surface area contributed by atoms with Gasteiger partial charge in [0.2, 0.25) is 0 Å². The highest BCUT2D eigenvalue weighted by Gasteiger charge is 2.55. The Kier molecular flexibility index (Phi) is 8.82. The summed E-state index contributed by atoms with van der Waals surface area (Å²) in [6.45, 7) is 5.02. The molecule has 3 heterocycles. The topological polar surface area (TPSA) is 73.4 Å². The van der Waals surface area contributed by atoms with Crippen molar-refractivity contribution >= 4 is 39.9 Å². The lowest BCUT2D eigenvalue weighted by Crippen LogP contribution is -2.63. The second-order valence-electron chi connectivity index (χ2n) is 10.3. The number of carbonyl (C=O) groups excluding carboxylic acids is 1. The molecule has 0 N–H and O–H groups in total. The number of carbonyl (C=O) groups is 1. The van der Waals surface area contributed by atoms with Crippen molar-refractivity contribution in [2.75, 3.05) is 58.6 Å². The lowest BCUT2D eigenvalue weighted by Gasteiger charge is -2.44. The third kappa shape index (κ3) is 6.12. The first kappa shape index (κ1) is 28.7. The molecule has 0 aliphatic carbocycles. The van der Waals surface area contributed by atoms with Crippen LogP contribution in [0.5, 0.6) is 11.5 Å². The van der Waals surface area contributed by atoms with E-state index in [2.05, 4.69) is 16.8 Å². The van der Waals surface area contributed by atoms with E-state index in [1.54, 1.807) is 8.61 Å². The van der Waals surface area contributed by atoms with Gasteiger partial charge in [0.15, 0.2) is 17.4 Å². The van der Waals surface area contributed by atoms with Crippen LogP contribution in [0.15, 0.2) is 41.3 Å². The minimum Gasteiger partial charge on any atom is -0.451 e. The van der Waals surface area contributed by atoms with Crippen LogP contribution >= 0.6 is 11.6 Å². The Hall–Kier alpha value is -1.80. The Bertz CT molecular complexity index is 1240. The SMILES string of the molecule is CN1CCN(CCS(=O)N2CC3CCC(C=O)(C2)N3S(=O)c2cc(F)c(Oc3ccc(Cl)cc3)c(F)c2)CC1. The standard InChI is InChI=1S/C26H31ClF2N4O4S2/c1-30-8-10-31(11-9-30)12-13-38(35)32-16-20-6-7-26(17-32,18-34)33(20)39(36)22-14-23(28)25(24(29)15-22)37-21-4-2-19(27)3-5-21/h2-5,14-15,18,20H,6-13,16-17H2,1H3. The fraction of sp³-hybridized carbons (Fsp3) is 0.500. The van der Waals surface area contributed by atoms with Crippen LogP contribution in [0.1, 0.15) is 12.8 Å². The molecule has 0 saturated carbocycles. The number of halogens is 3. The predicted octanol–water partition coefficient (Wildman–Crippen LogP) is 3.06. The summed E-state index contributed by atoms with van der Waals surface area (Å²) in [4.78, 5) is 16.9. The van der Waals surface area contributed by atoms with Gasteiger partial charge < -0.3 is 14.4 Å². The maximum Gasteiger partial charge on any atom is 0.198 e. The van der Waals surface area contributed by atoms with Crippen LogP contribution in [0.25, 0.3) is 0 Å². The zero-order valence-electron chi connectivity index (χ0n) is 21.6. The quantitative estimate of drug-likeness (QED) is 0.412. The van der Waals surface area contributed by atoms with E-state index in [-0.39, 0.29) is 23.2 Å². The van der Waals surface area contributed by atoms with Crippen molar-refractivity contribution in [3.63, 3.8) is 0 Å². The molecule has 2 aromatic rings. The van der Waals surface area contributed by atoms with Crippen molar-refractivity contribution in [3.8, 4) is 11.5 Å². The Morgan fingerprint density at radius 2 is 1.77 bits per heavy atom. The van der Waals surface area contributed by atoms with Crippen molar-refractivity contribution in [3.05, 3.63) is 53.1 Å². The van der Waals surface area contributed by atoms with Crippen LogP contribution in [-0.2, 0) is 26.8 Å². The summed E-state index contributed by atoms with van der Waals surface area (Å²) in [6.07, 6.45) is 1.75. The van der Waals surface area contributed by atoms with E-state index < -0.39 is 44.9 Å². The van der Waals surface area contributed by atoms with E-state index in [9.17, 15) is 22.0 Å². The number of rotatable bonds is 9. The minimum atomic E-state index is -2.01. The number of piperazine rings is 2. The van der Waals surface area contributed by atoms with Crippen molar-refractivity contribution in [1.29, 1.82) is 0 Å². The molecule has 5 rings (SSSR count). The van der Waals surface area contributed by atoms with Crippen molar-refractivity contribution in [1.82, 2.24) is 18.4 Å². The van der Waals surface area contributed by atoms with Crippen molar-refractivity contribution in [2.24, 2.45) is 0 Å². The van der Waals surface area contributed by atoms with Gasteiger partial charge in [-0.2, -0.15) is 0 Å². The molecule has 212 valence electrons. The highest BCUT2D eigenvalue weighted by atomic mass is 35.5. The van der Waals surface area contributed by atoms with Crippen LogP contribution in [0, 0.1) is 11.6 Å². The first-order valence-electron chi connectivity index (χ1n) is 12.8. The number of fused-ring (bicyclic) bond motifs is 2. The lowest BCUT2D eigenvalue weighted by molar-refractivity contribution is -0.116. The minimum absolute atomic E-state index is 0.101. The Morgan fingerprint density at radius 1 is 1.10 bits per heavy atom. The number of hydrogen-bond acceptors (Lipinski definition) is 6. The second-order valence-corrected chi connectivity index (χ2v) is 13.6. The molecule has 8 nitrogen and oxygen atoms in total. The summed E-state index contributed by atoms with van der Waals surface area (Å²) in [5.74, 6) is -1.98. The highest BCUT2D eigenvalue weighted by Crippen LogP contribution is 2.42. The Morgan fingerprint density at radius 3 is 2.41 bits per heavy atom. The molecular weight excluding hydrogens is 570 g/mol. The number of aldehydes is 1. The Labute approximate surface area is 237 Å². The van der Waals surface area contributed by atoms with Gasteiger partial charge in [0.1, 0.15) is 28.6 Å². The summed E-state index contributed by atoms with van der Waals surface area (Å²) < 4.78 is 65.4. The van der Waals surface area contributed by atoms with E-state index in [1.807, 2.05) is 0 Å². The fourth-order valence-electron chi connectivity index (χ4n) is 5.41. The number of ether oxygens (including phenoxy) is 1. The summed E-state index contributed by atoms with van der Waals surface area (Å²) in [5.41, 5.74) is -1.15. The van der Waals surface area contributed by atoms with Gasteiger partial charge in [0, 0.05) is 56.9 Å². The molecule has 4 atom stereocenters. The van der Waals surface area contributed by atoms with Gasteiger partial charge in [-0.3, -0.25) is 4.90 Å². The third-order valence-electron chi connectivity index (χ3n) is 7.62. The molecule has 3 aliphatic rings. The third-order valence-corrected chi connectivity index (χ3v) is 10.9. The van der Waals surface area contributed by atoms with E-state index in [0.29, 0.717) is 36.7 Å². The van der Waals surface area contributed by atoms with E-state index in [4.69, 9.17) is 16.3 Å². The van der Waals surface area contributed by atoms with Crippen LogP contribution in [0.3, 0.4) is 0 Å². The van der Waals surface area contributed by atoms with E-state index >= 15 is 0 Å². The maximum absolute atomic E-state index is 14.9. The molecule has 0 aromatic heterocycles. The lowest BCUT2D eigenvalue weighted by atomic mass is 10.0. The smallest absolute Gasteiger partial charge is 0.198 e. The first-order chi connectivity index (χ1) is 18.7.